The van der Waals surface area contributed by atoms with Gasteiger partial charge in [-0.1, -0.05) is 24.3 Å². The Morgan fingerprint density at radius 3 is 2.48 bits per heavy atom. The number of hydrogen-bond donors (Lipinski definition) is 0. The number of benzene rings is 2. The van der Waals surface area contributed by atoms with E-state index in [-0.39, 0.29) is 17.8 Å². The van der Waals surface area contributed by atoms with E-state index in [0.29, 0.717) is 29.5 Å². The number of carbonyl (C=O) groups is 1. The van der Waals surface area contributed by atoms with Gasteiger partial charge in [-0.15, -0.1) is 0 Å². The van der Waals surface area contributed by atoms with E-state index in [1.807, 2.05) is 19.9 Å². The molecule has 3 nitrogen and oxygen atoms in total. The Kier molecular flexibility index (Phi) is 4.91. The van der Waals surface area contributed by atoms with E-state index in [0.717, 1.165) is 0 Å². The van der Waals surface area contributed by atoms with Gasteiger partial charge in [0.25, 0.3) is 5.91 Å². The van der Waals surface area contributed by atoms with Crippen molar-refractivity contribution in [3.05, 3.63) is 47.8 Å². The van der Waals surface area contributed by atoms with E-state index in [1.54, 1.807) is 36.3 Å². The Balaban J connectivity index is 2.45. The SMILES string of the molecule is COCCN(C(=O)c1ccc(F)c2ccccc12)C(C)C. The van der Waals surface area contributed by atoms with Gasteiger partial charge in [0.05, 0.1) is 6.61 Å². The van der Waals surface area contributed by atoms with Crippen LogP contribution < -0.4 is 0 Å². The zero-order valence-electron chi connectivity index (χ0n) is 12.6. The summed E-state index contributed by atoms with van der Waals surface area (Å²) in [7, 11) is 1.61. The number of halogens is 1. The Hall–Kier alpha value is -1.94. The molecule has 0 radical (unpaired) electrons. The Morgan fingerprint density at radius 1 is 1.19 bits per heavy atom. The number of methoxy groups -OCH3 is 1. The van der Waals surface area contributed by atoms with Crippen molar-refractivity contribution in [2.24, 2.45) is 0 Å². The van der Waals surface area contributed by atoms with Crippen molar-refractivity contribution in [3.63, 3.8) is 0 Å². The van der Waals surface area contributed by atoms with Crippen LogP contribution >= 0.6 is 0 Å². The molecule has 4 heteroatoms. The number of amides is 1. The van der Waals surface area contributed by atoms with E-state index in [9.17, 15) is 9.18 Å². The molecule has 0 aliphatic carbocycles. The average Bonchev–Trinajstić information content (AvgIpc) is 2.48. The van der Waals surface area contributed by atoms with Crippen LogP contribution in [0, 0.1) is 5.82 Å². The number of hydrogen-bond acceptors (Lipinski definition) is 2. The highest BCUT2D eigenvalue weighted by molar-refractivity contribution is 6.07. The molecular formula is C17H20FNO2. The number of carbonyl (C=O) groups excluding carboxylic acids is 1. The molecule has 0 aromatic heterocycles. The van der Waals surface area contributed by atoms with Crippen molar-refractivity contribution in [1.29, 1.82) is 0 Å². The summed E-state index contributed by atoms with van der Waals surface area (Å²) < 4.78 is 18.9. The van der Waals surface area contributed by atoms with E-state index in [4.69, 9.17) is 4.74 Å². The van der Waals surface area contributed by atoms with Crippen molar-refractivity contribution in [2.45, 2.75) is 19.9 Å². The van der Waals surface area contributed by atoms with Crippen LogP contribution in [0.3, 0.4) is 0 Å². The van der Waals surface area contributed by atoms with E-state index < -0.39 is 0 Å². The molecule has 0 saturated heterocycles. The number of ether oxygens (including phenoxy) is 1. The standard InChI is InChI=1S/C17H20FNO2/c1-12(2)19(10-11-21-3)17(20)15-8-9-16(18)14-7-5-4-6-13(14)15/h4-9,12H,10-11H2,1-3H3. The van der Waals surface area contributed by atoms with Gasteiger partial charge in [-0.05, 0) is 31.4 Å². The summed E-state index contributed by atoms with van der Waals surface area (Å²) in [6, 6.07) is 10.0. The average molecular weight is 289 g/mol. The molecule has 1 amide bonds. The van der Waals surface area contributed by atoms with Crippen LogP contribution in [0.15, 0.2) is 36.4 Å². The van der Waals surface area contributed by atoms with Crippen LogP contribution in [-0.4, -0.2) is 37.1 Å². The fraction of sp³-hybridized carbons (Fsp3) is 0.353. The summed E-state index contributed by atoms with van der Waals surface area (Å²) in [5.74, 6) is -0.409. The van der Waals surface area contributed by atoms with Gasteiger partial charge in [0.1, 0.15) is 5.82 Å². The van der Waals surface area contributed by atoms with Gasteiger partial charge in [0.15, 0.2) is 0 Å². The lowest BCUT2D eigenvalue weighted by atomic mass is 10.0. The molecule has 0 fully saturated rings. The third kappa shape index (κ3) is 3.22. The number of nitrogens with zero attached hydrogens (tertiary/aromatic N) is 1. The Labute approximate surface area is 124 Å². The largest absolute Gasteiger partial charge is 0.383 e. The fourth-order valence-electron chi connectivity index (χ4n) is 2.39. The van der Waals surface area contributed by atoms with E-state index in [2.05, 4.69) is 0 Å². The molecule has 2 rings (SSSR count). The van der Waals surface area contributed by atoms with Crippen molar-refractivity contribution >= 4 is 16.7 Å². The van der Waals surface area contributed by atoms with Crippen molar-refractivity contribution in [2.75, 3.05) is 20.3 Å². The minimum Gasteiger partial charge on any atom is -0.383 e. The second-order valence-corrected chi connectivity index (χ2v) is 5.23. The van der Waals surface area contributed by atoms with Gasteiger partial charge >= 0.3 is 0 Å². The topological polar surface area (TPSA) is 29.5 Å². The third-order valence-corrected chi connectivity index (χ3v) is 3.52. The predicted molar refractivity (Wildman–Crippen MR) is 82.0 cm³/mol. The maximum absolute atomic E-state index is 13.8. The van der Waals surface area contributed by atoms with Crippen molar-refractivity contribution in [3.8, 4) is 0 Å². The first-order valence-corrected chi connectivity index (χ1v) is 7.03. The first kappa shape index (κ1) is 15.4. The van der Waals surface area contributed by atoms with Crippen LogP contribution in [-0.2, 0) is 4.74 Å². The molecule has 0 atom stereocenters. The lowest BCUT2D eigenvalue weighted by molar-refractivity contribution is 0.0637. The molecule has 0 unspecified atom stereocenters. The summed E-state index contributed by atoms with van der Waals surface area (Å²) >= 11 is 0. The van der Waals surface area contributed by atoms with Crippen LogP contribution in [0.25, 0.3) is 10.8 Å². The highest BCUT2D eigenvalue weighted by atomic mass is 19.1. The molecule has 0 heterocycles. The maximum atomic E-state index is 13.8. The maximum Gasteiger partial charge on any atom is 0.254 e. The smallest absolute Gasteiger partial charge is 0.254 e. The molecule has 112 valence electrons. The summed E-state index contributed by atoms with van der Waals surface area (Å²) in [6.07, 6.45) is 0. The molecular weight excluding hydrogens is 269 g/mol. The summed E-state index contributed by atoms with van der Waals surface area (Å²) in [5.41, 5.74) is 0.525. The van der Waals surface area contributed by atoms with Gasteiger partial charge in [0, 0.05) is 30.6 Å². The second-order valence-electron chi connectivity index (χ2n) is 5.23. The normalized spacial score (nSPS) is 11.1. The van der Waals surface area contributed by atoms with Gasteiger partial charge < -0.3 is 9.64 Å². The molecule has 0 spiro atoms. The lowest BCUT2D eigenvalue weighted by Gasteiger charge is -2.27. The highest BCUT2D eigenvalue weighted by Gasteiger charge is 2.21. The lowest BCUT2D eigenvalue weighted by Crippen LogP contribution is -2.39. The summed E-state index contributed by atoms with van der Waals surface area (Å²) in [5, 5.41) is 1.12. The zero-order valence-corrected chi connectivity index (χ0v) is 12.6. The second kappa shape index (κ2) is 6.68. The van der Waals surface area contributed by atoms with E-state index in [1.165, 1.54) is 6.07 Å². The molecule has 21 heavy (non-hydrogen) atoms. The van der Waals surface area contributed by atoms with Crippen LogP contribution in [0.5, 0.6) is 0 Å². The zero-order chi connectivity index (χ0) is 15.4. The molecule has 0 aliphatic rings. The van der Waals surface area contributed by atoms with Crippen molar-refractivity contribution < 1.29 is 13.9 Å². The quantitative estimate of drug-likeness (QED) is 0.843. The monoisotopic (exact) mass is 289 g/mol. The van der Waals surface area contributed by atoms with Crippen LogP contribution in [0.2, 0.25) is 0 Å². The molecule has 0 bridgehead atoms. The third-order valence-electron chi connectivity index (χ3n) is 3.52. The minimum atomic E-state index is -0.310. The van der Waals surface area contributed by atoms with E-state index >= 15 is 0 Å². The highest BCUT2D eigenvalue weighted by Crippen LogP contribution is 2.23. The Morgan fingerprint density at radius 2 is 1.86 bits per heavy atom. The predicted octanol–water partition coefficient (Wildman–Crippen LogP) is 3.48. The van der Waals surface area contributed by atoms with Crippen LogP contribution in [0.1, 0.15) is 24.2 Å². The van der Waals surface area contributed by atoms with Crippen molar-refractivity contribution in [1.82, 2.24) is 4.90 Å². The Bertz CT molecular complexity index is 640. The van der Waals surface area contributed by atoms with Crippen LogP contribution in [0.4, 0.5) is 4.39 Å². The fourth-order valence-corrected chi connectivity index (χ4v) is 2.39. The molecule has 2 aromatic rings. The summed E-state index contributed by atoms with van der Waals surface area (Å²) in [6.45, 7) is 4.90. The first-order valence-electron chi connectivity index (χ1n) is 7.03. The van der Waals surface area contributed by atoms with Gasteiger partial charge in [-0.25, -0.2) is 4.39 Å². The molecule has 0 saturated carbocycles. The minimum absolute atomic E-state index is 0.0523. The first-order chi connectivity index (χ1) is 10.1. The number of fused-ring (bicyclic) bond motifs is 1. The number of rotatable bonds is 5. The van der Waals surface area contributed by atoms with Gasteiger partial charge in [-0.3, -0.25) is 4.79 Å². The van der Waals surface area contributed by atoms with Gasteiger partial charge in [0.2, 0.25) is 0 Å². The molecule has 0 aliphatic heterocycles. The van der Waals surface area contributed by atoms with Gasteiger partial charge in [-0.2, -0.15) is 0 Å². The summed E-state index contributed by atoms with van der Waals surface area (Å²) in [4.78, 5) is 14.5. The molecule has 2 aromatic carbocycles. The molecule has 0 N–H and O–H groups in total.